The molecule has 0 spiro atoms. The molecule has 2 aromatic carbocycles. The summed E-state index contributed by atoms with van der Waals surface area (Å²) in [5.74, 6) is 1.95. The van der Waals surface area contributed by atoms with E-state index in [2.05, 4.69) is 48.5 Å². The lowest BCUT2D eigenvalue weighted by Crippen LogP contribution is -2.04. The largest absolute Gasteiger partial charge is 0.419 e. The van der Waals surface area contributed by atoms with Gasteiger partial charge in [-0.1, -0.05) is 66.4 Å². The average Bonchev–Trinajstić information content (AvgIpc) is 3.57. The van der Waals surface area contributed by atoms with Gasteiger partial charge in [0.25, 0.3) is 0 Å². The summed E-state index contributed by atoms with van der Waals surface area (Å²) in [6, 6.07) is 24.2. The highest BCUT2D eigenvalue weighted by Crippen LogP contribution is 2.36. The van der Waals surface area contributed by atoms with E-state index in [-0.39, 0.29) is 5.25 Å². The van der Waals surface area contributed by atoms with Crippen LogP contribution in [-0.4, -0.2) is 25.0 Å². The highest BCUT2D eigenvalue weighted by molar-refractivity contribution is 7.99. The molecule has 0 aliphatic carbocycles. The minimum atomic E-state index is -0.0696. The molecule has 6 nitrogen and oxygen atoms in total. The second kappa shape index (κ2) is 8.87. The van der Waals surface area contributed by atoms with Crippen molar-refractivity contribution >= 4 is 23.1 Å². The first kappa shape index (κ1) is 19.7. The van der Waals surface area contributed by atoms with Gasteiger partial charge in [-0.05, 0) is 36.1 Å². The number of benzene rings is 2. The van der Waals surface area contributed by atoms with Crippen molar-refractivity contribution in [3.63, 3.8) is 0 Å². The summed E-state index contributed by atoms with van der Waals surface area (Å²) in [4.78, 5) is 1.09. The van der Waals surface area contributed by atoms with E-state index in [0.717, 1.165) is 21.4 Å². The summed E-state index contributed by atoms with van der Waals surface area (Å²) in [6.07, 6.45) is 0. The summed E-state index contributed by atoms with van der Waals surface area (Å²) < 4.78 is 8.09. The van der Waals surface area contributed by atoms with Crippen molar-refractivity contribution in [1.82, 2.24) is 25.0 Å². The standard InChI is InChI=1S/C23H19N5OS2/c1-16(21-25-26-22(29-21)18-11-6-3-7-12-18)31-23-27-24-20(19-13-8-14-30-19)28(23)15-17-9-4-2-5-10-17/h2-14,16H,15H2,1H3. The number of thioether (sulfide) groups is 1. The predicted molar refractivity (Wildman–Crippen MR) is 123 cm³/mol. The first-order valence-corrected chi connectivity index (χ1v) is 11.6. The third-order valence-electron chi connectivity index (χ3n) is 4.73. The maximum Gasteiger partial charge on any atom is 0.247 e. The molecule has 0 aliphatic heterocycles. The number of thiophene rings is 1. The Labute approximate surface area is 188 Å². The van der Waals surface area contributed by atoms with Gasteiger partial charge in [0, 0.05) is 5.56 Å². The molecule has 8 heteroatoms. The first-order valence-electron chi connectivity index (χ1n) is 9.84. The van der Waals surface area contributed by atoms with Crippen molar-refractivity contribution in [2.45, 2.75) is 23.9 Å². The van der Waals surface area contributed by atoms with Crippen molar-refractivity contribution in [2.75, 3.05) is 0 Å². The molecule has 0 saturated carbocycles. The van der Waals surface area contributed by atoms with Crippen LogP contribution in [-0.2, 0) is 6.54 Å². The lowest BCUT2D eigenvalue weighted by atomic mass is 10.2. The molecule has 0 N–H and O–H groups in total. The number of hydrogen-bond donors (Lipinski definition) is 0. The van der Waals surface area contributed by atoms with E-state index >= 15 is 0 Å². The van der Waals surface area contributed by atoms with Crippen LogP contribution >= 0.6 is 23.1 Å². The Kier molecular flexibility index (Phi) is 5.64. The summed E-state index contributed by atoms with van der Waals surface area (Å²) in [6.45, 7) is 2.73. The average molecular weight is 446 g/mol. The van der Waals surface area contributed by atoms with Crippen LogP contribution in [0.1, 0.15) is 23.6 Å². The fraction of sp³-hybridized carbons (Fsp3) is 0.130. The van der Waals surface area contributed by atoms with E-state index in [1.54, 1.807) is 23.1 Å². The van der Waals surface area contributed by atoms with Crippen LogP contribution in [0.5, 0.6) is 0 Å². The summed E-state index contributed by atoms with van der Waals surface area (Å²) in [7, 11) is 0. The predicted octanol–water partition coefficient (Wildman–Crippen LogP) is 5.96. The molecule has 0 aliphatic rings. The molecule has 154 valence electrons. The topological polar surface area (TPSA) is 69.6 Å². The van der Waals surface area contributed by atoms with Crippen molar-refractivity contribution in [3.8, 4) is 22.2 Å². The Bertz CT molecular complexity index is 1250. The van der Waals surface area contributed by atoms with Gasteiger partial charge < -0.3 is 4.42 Å². The summed E-state index contributed by atoms with van der Waals surface area (Å²) in [5.41, 5.74) is 2.10. The van der Waals surface area contributed by atoms with Crippen LogP contribution in [0, 0.1) is 0 Å². The quantitative estimate of drug-likeness (QED) is 0.288. The van der Waals surface area contributed by atoms with E-state index in [0.29, 0.717) is 18.3 Å². The van der Waals surface area contributed by atoms with Gasteiger partial charge in [-0.2, -0.15) is 0 Å². The third-order valence-corrected chi connectivity index (χ3v) is 6.67. The SMILES string of the molecule is CC(Sc1nnc(-c2cccs2)n1Cc1ccccc1)c1nnc(-c2ccccc2)o1. The molecule has 0 amide bonds. The van der Waals surface area contributed by atoms with Crippen molar-refractivity contribution in [3.05, 3.63) is 89.6 Å². The van der Waals surface area contributed by atoms with Crippen LogP contribution in [0.15, 0.2) is 87.8 Å². The fourth-order valence-corrected chi connectivity index (χ4v) is 4.77. The summed E-state index contributed by atoms with van der Waals surface area (Å²) in [5, 5.41) is 20.3. The molecule has 0 saturated heterocycles. The molecule has 1 unspecified atom stereocenters. The minimum absolute atomic E-state index is 0.0696. The fourth-order valence-electron chi connectivity index (χ4n) is 3.18. The molecule has 31 heavy (non-hydrogen) atoms. The number of nitrogens with zero attached hydrogens (tertiary/aromatic N) is 5. The van der Waals surface area contributed by atoms with Gasteiger partial charge in [-0.3, -0.25) is 4.57 Å². The molecule has 1 atom stereocenters. The van der Waals surface area contributed by atoms with Crippen LogP contribution in [0.2, 0.25) is 0 Å². The third kappa shape index (κ3) is 4.30. The van der Waals surface area contributed by atoms with Crippen LogP contribution in [0.25, 0.3) is 22.2 Å². The monoisotopic (exact) mass is 445 g/mol. The van der Waals surface area contributed by atoms with Gasteiger partial charge in [-0.15, -0.1) is 31.7 Å². The molecule has 5 rings (SSSR count). The van der Waals surface area contributed by atoms with Gasteiger partial charge in [-0.25, -0.2) is 0 Å². The second-order valence-corrected chi connectivity index (χ2v) is 9.18. The van der Waals surface area contributed by atoms with Crippen molar-refractivity contribution in [2.24, 2.45) is 0 Å². The zero-order chi connectivity index (χ0) is 21.0. The second-order valence-electron chi connectivity index (χ2n) is 6.93. The molecule has 3 aromatic heterocycles. The molecular formula is C23H19N5OS2. The van der Waals surface area contributed by atoms with Gasteiger partial charge in [0.15, 0.2) is 11.0 Å². The maximum absolute atomic E-state index is 5.94. The van der Waals surface area contributed by atoms with Crippen molar-refractivity contribution in [1.29, 1.82) is 0 Å². The Hall–Kier alpha value is -3.23. The van der Waals surface area contributed by atoms with Gasteiger partial charge >= 0.3 is 0 Å². The number of aromatic nitrogens is 5. The maximum atomic E-state index is 5.94. The Morgan fingerprint density at radius 2 is 1.68 bits per heavy atom. The lowest BCUT2D eigenvalue weighted by molar-refractivity contribution is 0.508. The molecule has 0 bridgehead atoms. The minimum Gasteiger partial charge on any atom is -0.419 e. The van der Waals surface area contributed by atoms with Gasteiger partial charge in [0.1, 0.15) is 0 Å². The van der Waals surface area contributed by atoms with Crippen LogP contribution in [0.4, 0.5) is 0 Å². The number of rotatable bonds is 7. The van der Waals surface area contributed by atoms with E-state index in [4.69, 9.17) is 4.42 Å². The summed E-state index contributed by atoms with van der Waals surface area (Å²) >= 11 is 3.22. The Morgan fingerprint density at radius 3 is 2.42 bits per heavy atom. The van der Waals surface area contributed by atoms with E-state index in [9.17, 15) is 0 Å². The normalized spacial score (nSPS) is 12.2. The van der Waals surface area contributed by atoms with Crippen molar-refractivity contribution < 1.29 is 4.42 Å². The Balaban J connectivity index is 1.43. The van der Waals surface area contributed by atoms with E-state index in [1.807, 2.05) is 61.5 Å². The molecule has 0 fully saturated rings. The molecule has 5 aromatic rings. The highest BCUT2D eigenvalue weighted by Gasteiger charge is 2.22. The molecular weight excluding hydrogens is 426 g/mol. The van der Waals surface area contributed by atoms with Crippen LogP contribution < -0.4 is 0 Å². The molecule has 3 heterocycles. The van der Waals surface area contributed by atoms with E-state index in [1.165, 1.54) is 5.56 Å². The number of hydrogen-bond acceptors (Lipinski definition) is 7. The lowest BCUT2D eigenvalue weighted by Gasteiger charge is -2.11. The smallest absolute Gasteiger partial charge is 0.247 e. The van der Waals surface area contributed by atoms with E-state index < -0.39 is 0 Å². The first-order chi connectivity index (χ1) is 15.3. The zero-order valence-corrected chi connectivity index (χ0v) is 18.4. The van der Waals surface area contributed by atoms with Gasteiger partial charge in [0.2, 0.25) is 11.8 Å². The highest BCUT2D eigenvalue weighted by atomic mass is 32.2. The van der Waals surface area contributed by atoms with Gasteiger partial charge in [0.05, 0.1) is 16.7 Å². The zero-order valence-electron chi connectivity index (χ0n) is 16.8. The Morgan fingerprint density at radius 1 is 0.903 bits per heavy atom. The van der Waals surface area contributed by atoms with Crippen LogP contribution in [0.3, 0.4) is 0 Å². The molecule has 0 radical (unpaired) electrons.